The van der Waals surface area contributed by atoms with Gasteiger partial charge in [0.1, 0.15) is 0 Å². The number of hydrogen-bond donors (Lipinski definition) is 1. The van der Waals surface area contributed by atoms with E-state index in [1.54, 1.807) is 0 Å². The highest BCUT2D eigenvalue weighted by Crippen LogP contribution is 2.22. The van der Waals surface area contributed by atoms with Crippen LogP contribution in [0.25, 0.3) is 0 Å². The number of nitrogens with one attached hydrogen (secondary N) is 1. The summed E-state index contributed by atoms with van der Waals surface area (Å²) in [5, 5.41) is 3.57. The summed E-state index contributed by atoms with van der Waals surface area (Å²) in [4.78, 5) is 2.67. The van der Waals surface area contributed by atoms with E-state index in [4.69, 9.17) is 0 Å². The number of nitrogens with zero attached hydrogens (tertiary/aromatic N) is 1. The zero-order valence-electron chi connectivity index (χ0n) is 11.5. The Hall–Kier alpha value is -0.0800. The Morgan fingerprint density at radius 2 is 2.12 bits per heavy atom. The fourth-order valence-corrected chi connectivity index (χ4v) is 2.65. The van der Waals surface area contributed by atoms with Crippen molar-refractivity contribution in [3.8, 4) is 0 Å². The lowest BCUT2D eigenvalue weighted by atomic mass is 10.0. The van der Waals surface area contributed by atoms with Crippen LogP contribution < -0.4 is 5.32 Å². The Morgan fingerprint density at radius 1 is 1.31 bits per heavy atom. The van der Waals surface area contributed by atoms with Crippen molar-refractivity contribution < 1.29 is 0 Å². The first-order chi connectivity index (χ1) is 7.77. The van der Waals surface area contributed by atoms with Gasteiger partial charge in [0.2, 0.25) is 0 Å². The molecular weight excluding hydrogens is 196 g/mol. The van der Waals surface area contributed by atoms with E-state index in [0.717, 1.165) is 12.0 Å². The molecule has 1 fully saturated rings. The minimum absolute atomic E-state index is 0.721. The summed E-state index contributed by atoms with van der Waals surface area (Å²) < 4.78 is 0. The van der Waals surface area contributed by atoms with E-state index in [1.807, 2.05) is 0 Å². The molecule has 1 heterocycles. The lowest BCUT2D eigenvalue weighted by Crippen LogP contribution is -2.39. The summed E-state index contributed by atoms with van der Waals surface area (Å²) in [5.41, 5.74) is 0. The second-order valence-electron chi connectivity index (χ2n) is 5.35. The maximum absolute atomic E-state index is 3.57. The molecule has 0 aliphatic carbocycles. The molecule has 96 valence electrons. The van der Waals surface area contributed by atoms with Crippen LogP contribution in [0.15, 0.2) is 0 Å². The van der Waals surface area contributed by atoms with Gasteiger partial charge in [-0.15, -0.1) is 0 Å². The number of rotatable bonds is 8. The first kappa shape index (κ1) is 14.0. The Morgan fingerprint density at radius 3 is 2.81 bits per heavy atom. The zero-order chi connectivity index (χ0) is 11.8. The van der Waals surface area contributed by atoms with Crippen LogP contribution in [0.2, 0.25) is 0 Å². The molecule has 2 nitrogen and oxygen atoms in total. The van der Waals surface area contributed by atoms with E-state index in [1.165, 1.54) is 58.3 Å². The predicted octanol–water partition coefficient (Wildman–Crippen LogP) is 2.89. The first-order valence-electron chi connectivity index (χ1n) is 7.22. The quantitative estimate of drug-likeness (QED) is 0.640. The predicted molar refractivity (Wildman–Crippen MR) is 71.8 cm³/mol. The van der Waals surface area contributed by atoms with Crippen LogP contribution in [-0.2, 0) is 0 Å². The molecule has 2 unspecified atom stereocenters. The molecule has 0 spiro atoms. The van der Waals surface area contributed by atoms with Crippen molar-refractivity contribution in [1.82, 2.24) is 10.2 Å². The molecule has 0 aromatic carbocycles. The minimum Gasteiger partial charge on any atom is -0.315 e. The third kappa shape index (κ3) is 4.84. The van der Waals surface area contributed by atoms with Gasteiger partial charge in [0.15, 0.2) is 0 Å². The normalized spacial score (nSPS) is 23.8. The zero-order valence-corrected chi connectivity index (χ0v) is 11.5. The van der Waals surface area contributed by atoms with Crippen molar-refractivity contribution in [2.75, 3.05) is 26.2 Å². The van der Waals surface area contributed by atoms with Gasteiger partial charge in [-0.2, -0.15) is 0 Å². The molecule has 1 rings (SSSR count). The summed E-state index contributed by atoms with van der Waals surface area (Å²) in [7, 11) is 0. The highest BCUT2D eigenvalue weighted by Gasteiger charge is 2.24. The van der Waals surface area contributed by atoms with Crippen LogP contribution in [0.4, 0.5) is 0 Å². The Labute approximate surface area is 102 Å². The first-order valence-corrected chi connectivity index (χ1v) is 7.22. The molecule has 0 amide bonds. The van der Waals surface area contributed by atoms with Crippen LogP contribution in [0.1, 0.15) is 52.9 Å². The Kier molecular flexibility index (Phi) is 7.06. The average Bonchev–Trinajstić information content (AvgIpc) is 2.73. The van der Waals surface area contributed by atoms with E-state index in [9.17, 15) is 0 Å². The van der Waals surface area contributed by atoms with Gasteiger partial charge in [-0.05, 0) is 45.2 Å². The van der Waals surface area contributed by atoms with Gasteiger partial charge in [-0.1, -0.05) is 26.7 Å². The second kappa shape index (κ2) is 8.08. The highest BCUT2D eigenvalue weighted by atomic mass is 15.2. The Balaban J connectivity index is 2.10. The number of hydrogen-bond acceptors (Lipinski definition) is 2. The lowest BCUT2D eigenvalue weighted by Gasteiger charge is -2.24. The van der Waals surface area contributed by atoms with Crippen molar-refractivity contribution in [2.24, 2.45) is 5.92 Å². The topological polar surface area (TPSA) is 15.3 Å². The number of unbranched alkanes of at least 4 members (excludes halogenated alkanes) is 1. The van der Waals surface area contributed by atoms with E-state index >= 15 is 0 Å². The smallest absolute Gasteiger partial charge is 0.0192 e. The van der Waals surface area contributed by atoms with Crippen molar-refractivity contribution in [3.63, 3.8) is 0 Å². The summed E-state index contributed by atoms with van der Waals surface area (Å²) >= 11 is 0. The third-order valence-electron chi connectivity index (χ3n) is 3.78. The molecule has 0 saturated carbocycles. The van der Waals surface area contributed by atoms with Gasteiger partial charge in [0.25, 0.3) is 0 Å². The molecule has 0 aromatic rings. The molecule has 1 saturated heterocycles. The van der Waals surface area contributed by atoms with Crippen LogP contribution in [0.3, 0.4) is 0 Å². The van der Waals surface area contributed by atoms with Crippen LogP contribution in [-0.4, -0.2) is 37.1 Å². The molecule has 1 N–H and O–H groups in total. The lowest BCUT2D eigenvalue weighted by molar-refractivity contribution is 0.241. The molecule has 16 heavy (non-hydrogen) atoms. The van der Waals surface area contributed by atoms with Crippen molar-refractivity contribution in [1.29, 1.82) is 0 Å². The summed E-state index contributed by atoms with van der Waals surface area (Å²) in [6, 6.07) is 0.721. The minimum atomic E-state index is 0.721. The largest absolute Gasteiger partial charge is 0.315 e. The van der Waals surface area contributed by atoms with E-state index in [-0.39, 0.29) is 0 Å². The maximum atomic E-state index is 3.57. The van der Waals surface area contributed by atoms with Gasteiger partial charge in [-0.25, -0.2) is 0 Å². The SMILES string of the molecule is CCCCNCC(C)N1CCC(CCC)C1. The van der Waals surface area contributed by atoms with Crippen LogP contribution in [0.5, 0.6) is 0 Å². The second-order valence-corrected chi connectivity index (χ2v) is 5.35. The summed E-state index contributed by atoms with van der Waals surface area (Å²) in [5.74, 6) is 0.975. The summed E-state index contributed by atoms with van der Waals surface area (Å²) in [6.07, 6.45) is 6.80. The summed E-state index contributed by atoms with van der Waals surface area (Å²) in [6.45, 7) is 11.9. The molecule has 0 aromatic heterocycles. The van der Waals surface area contributed by atoms with Crippen LogP contribution in [0, 0.1) is 5.92 Å². The molecule has 2 atom stereocenters. The fraction of sp³-hybridized carbons (Fsp3) is 1.00. The maximum Gasteiger partial charge on any atom is 0.0192 e. The van der Waals surface area contributed by atoms with Gasteiger partial charge in [-0.3, -0.25) is 4.90 Å². The number of likely N-dealkylation sites (tertiary alicyclic amines) is 1. The van der Waals surface area contributed by atoms with E-state index in [2.05, 4.69) is 31.0 Å². The molecule has 1 aliphatic rings. The average molecular weight is 226 g/mol. The fourth-order valence-electron chi connectivity index (χ4n) is 2.65. The van der Waals surface area contributed by atoms with Gasteiger partial charge in [0.05, 0.1) is 0 Å². The monoisotopic (exact) mass is 226 g/mol. The van der Waals surface area contributed by atoms with Gasteiger partial charge in [0, 0.05) is 19.1 Å². The third-order valence-corrected chi connectivity index (χ3v) is 3.78. The van der Waals surface area contributed by atoms with Gasteiger partial charge >= 0.3 is 0 Å². The Bertz CT molecular complexity index is 170. The van der Waals surface area contributed by atoms with Crippen LogP contribution >= 0.6 is 0 Å². The van der Waals surface area contributed by atoms with Crippen molar-refractivity contribution >= 4 is 0 Å². The van der Waals surface area contributed by atoms with E-state index < -0.39 is 0 Å². The molecule has 1 aliphatic heterocycles. The van der Waals surface area contributed by atoms with Gasteiger partial charge < -0.3 is 5.32 Å². The molecule has 2 heteroatoms. The van der Waals surface area contributed by atoms with E-state index in [0.29, 0.717) is 0 Å². The molecule has 0 bridgehead atoms. The van der Waals surface area contributed by atoms with Crippen molar-refractivity contribution in [2.45, 2.75) is 58.9 Å². The standard InChI is InChI=1S/C14H30N2/c1-4-6-9-15-11-13(3)16-10-8-14(12-16)7-5-2/h13-15H,4-12H2,1-3H3. The molecular formula is C14H30N2. The van der Waals surface area contributed by atoms with Crippen molar-refractivity contribution in [3.05, 3.63) is 0 Å². The molecule has 0 radical (unpaired) electrons. The highest BCUT2D eigenvalue weighted by molar-refractivity contribution is 4.80.